The molecule has 9 rings (SSSR count). The van der Waals surface area contributed by atoms with E-state index in [1.807, 2.05) is 12.4 Å². The zero-order chi connectivity index (χ0) is 22.7. The van der Waals surface area contributed by atoms with E-state index in [9.17, 15) is 0 Å². The van der Waals surface area contributed by atoms with E-state index in [1.165, 1.54) is 60.7 Å². The molecule has 0 spiro atoms. The van der Waals surface area contributed by atoms with Gasteiger partial charge in [-0.05, 0) is 87.7 Å². The molecular formula is C32H19N3. The number of benzene rings is 4. The zero-order valence-electron chi connectivity index (χ0n) is 18.9. The van der Waals surface area contributed by atoms with Crippen molar-refractivity contribution in [3.63, 3.8) is 0 Å². The molecule has 0 N–H and O–H groups in total. The van der Waals surface area contributed by atoms with E-state index < -0.39 is 0 Å². The highest BCUT2D eigenvalue weighted by Gasteiger charge is 2.28. The summed E-state index contributed by atoms with van der Waals surface area (Å²) in [5.41, 5.74) is 15.6. The lowest BCUT2D eigenvalue weighted by atomic mass is 9.94. The molecule has 2 aliphatic rings. The van der Waals surface area contributed by atoms with Gasteiger partial charge in [0.05, 0.1) is 16.6 Å². The van der Waals surface area contributed by atoms with Crippen molar-refractivity contribution in [3.8, 4) is 22.3 Å². The number of aromatic nitrogens is 3. The van der Waals surface area contributed by atoms with Crippen LogP contribution in [0.1, 0.15) is 22.3 Å². The summed E-state index contributed by atoms with van der Waals surface area (Å²) in [6, 6.07) is 28.9. The smallest absolute Gasteiger partial charge is 0.146 e. The number of fused-ring (bicyclic) bond motifs is 15. The predicted molar refractivity (Wildman–Crippen MR) is 142 cm³/mol. The summed E-state index contributed by atoms with van der Waals surface area (Å²) in [6.07, 6.45) is 5.91. The van der Waals surface area contributed by atoms with Crippen LogP contribution in [0.2, 0.25) is 0 Å². The Morgan fingerprint density at radius 1 is 0.629 bits per heavy atom. The van der Waals surface area contributed by atoms with Crippen molar-refractivity contribution >= 4 is 38.4 Å². The van der Waals surface area contributed by atoms with Crippen molar-refractivity contribution in [3.05, 3.63) is 114 Å². The average molecular weight is 446 g/mol. The Hall–Kier alpha value is -4.50. The summed E-state index contributed by atoms with van der Waals surface area (Å²) in [6.45, 7) is 0. The van der Waals surface area contributed by atoms with E-state index in [2.05, 4.69) is 88.2 Å². The van der Waals surface area contributed by atoms with E-state index in [1.54, 1.807) is 0 Å². The molecule has 0 saturated heterocycles. The van der Waals surface area contributed by atoms with E-state index >= 15 is 0 Å². The molecular weight excluding hydrogens is 426 g/mol. The highest BCUT2D eigenvalue weighted by Crippen LogP contribution is 2.48. The third-order valence-electron chi connectivity index (χ3n) is 8.07. The molecule has 0 aliphatic heterocycles. The van der Waals surface area contributed by atoms with Gasteiger partial charge in [-0.15, -0.1) is 0 Å². The first-order valence-electron chi connectivity index (χ1n) is 12.2. The van der Waals surface area contributed by atoms with Gasteiger partial charge in [0, 0.05) is 28.6 Å². The molecule has 3 aromatic heterocycles. The first-order chi connectivity index (χ1) is 17.3. The lowest BCUT2D eigenvalue weighted by Gasteiger charge is -2.13. The molecule has 0 unspecified atom stereocenters. The molecule has 4 aromatic carbocycles. The maximum absolute atomic E-state index is 5.10. The van der Waals surface area contributed by atoms with Crippen molar-refractivity contribution in [2.75, 3.05) is 0 Å². The minimum absolute atomic E-state index is 0.972. The van der Waals surface area contributed by atoms with Gasteiger partial charge in [0.25, 0.3) is 0 Å². The Morgan fingerprint density at radius 2 is 1.46 bits per heavy atom. The number of hydrogen-bond donors (Lipinski definition) is 0. The summed E-state index contributed by atoms with van der Waals surface area (Å²) < 4.78 is 2.30. The monoisotopic (exact) mass is 445 g/mol. The topological polar surface area (TPSA) is 30.2 Å². The molecule has 0 bridgehead atoms. The summed E-state index contributed by atoms with van der Waals surface area (Å²) in [4.78, 5) is 9.67. The van der Waals surface area contributed by atoms with Crippen molar-refractivity contribution in [1.82, 2.24) is 14.4 Å². The molecule has 35 heavy (non-hydrogen) atoms. The van der Waals surface area contributed by atoms with Gasteiger partial charge in [-0.25, -0.2) is 4.98 Å². The van der Waals surface area contributed by atoms with E-state index in [-0.39, 0.29) is 0 Å². The van der Waals surface area contributed by atoms with Crippen LogP contribution in [0.15, 0.2) is 91.3 Å². The summed E-state index contributed by atoms with van der Waals surface area (Å²) in [7, 11) is 0. The van der Waals surface area contributed by atoms with Crippen LogP contribution in [-0.2, 0) is 12.8 Å². The first-order valence-corrected chi connectivity index (χ1v) is 12.2. The molecule has 0 saturated carbocycles. The quantitative estimate of drug-likeness (QED) is 0.229. The largest absolute Gasteiger partial charge is 0.292 e. The Labute approximate surface area is 201 Å². The molecule has 0 radical (unpaired) electrons. The molecule has 0 fully saturated rings. The van der Waals surface area contributed by atoms with Crippen LogP contribution in [0.3, 0.4) is 0 Å². The Bertz CT molecular complexity index is 2060. The van der Waals surface area contributed by atoms with Crippen LogP contribution in [-0.4, -0.2) is 14.4 Å². The van der Waals surface area contributed by atoms with Gasteiger partial charge in [0.1, 0.15) is 5.65 Å². The second kappa shape index (κ2) is 6.13. The lowest BCUT2D eigenvalue weighted by molar-refractivity contribution is 1.24. The maximum Gasteiger partial charge on any atom is 0.146 e. The highest BCUT2D eigenvalue weighted by molar-refractivity contribution is 6.20. The Morgan fingerprint density at radius 3 is 2.46 bits per heavy atom. The van der Waals surface area contributed by atoms with Crippen molar-refractivity contribution in [2.45, 2.75) is 12.8 Å². The SMILES string of the molecule is c1ccc2c(c1)Cc1cc3c(cc1-2)Cc1ccc2c(c1-3)c1cnccc1n1c3ccccc3nc21. The molecule has 0 atom stereocenters. The van der Waals surface area contributed by atoms with Gasteiger partial charge < -0.3 is 0 Å². The molecule has 0 amide bonds. The summed E-state index contributed by atoms with van der Waals surface area (Å²) in [5.74, 6) is 0. The van der Waals surface area contributed by atoms with Crippen molar-refractivity contribution < 1.29 is 0 Å². The molecule has 3 heterocycles. The van der Waals surface area contributed by atoms with Gasteiger partial charge >= 0.3 is 0 Å². The summed E-state index contributed by atoms with van der Waals surface area (Å²) in [5, 5.41) is 3.66. The zero-order valence-corrected chi connectivity index (χ0v) is 18.9. The number of nitrogens with zero attached hydrogens (tertiary/aromatic N) is 3. The van der Waals surface area contributed by atoms with Crippen LogP contribution < -0.4 is 0 Å². The van der Waals surface area contributed by atoms with E-state index in [0.717, 1.165) is 35.0 Å². The van der Waals surface area contributed by atoms with Crippen molar-refractivity contribution in [1.29, 1.82) is 0 Å². The average Bonchev–Trinajstić information content (AvgIpc) is 3.58. The normalized spacial score (nSPS) is 13.5. The molecule has 2 aliphatic carbocycles. The maximum atomic E-state index is 5.10. The summed E-state index contributed by atoms with van der Waals surface area (Å²) >= 11 is 0. The fourth-order valence-electron chi connectivity index (χ4n) is 6.61. The number of hydrogen-bond acceptors (Lipinski definition) is 2. The number of rotatable bonds is 0. The van der Waals surface area contributed by atoms with Crippen LogP contribution >= 0.6 is 0 Å². The minimum Gasteiger partial charge on any atom is -0.292 e. The number of pyridine rings is 2. The van der Waals surface area contributed by atoms with Crippen LogP contribution in [0.25, 0.3) is 60.6 Å². The Kier molecular flexibility index (Phi) is 3.14. The predicted octanol–water partition coefficient (Wildman–Crippen LogP) is 7.33. The number of imidazole rings is 1. The third-order valence-corrected chi connectivity index (χ3v) is 8.07. The molecule has 3 heteroatoms. The fourth-order valence-corrected chi connectivity index (χ4v) is 6.61. The van der Waals surface area contributed by atoms with Crippen LogP contribution in [0.4, 0.5) is 0 Å². The van der Waals surface area contributed by atoms with E-state index in [4.69, 9.17) is 4.98 Å². The molecule has 162 valence electrons. The second-order valence-corrected chi connectivity index (χ2v) is 9.85. The fraction of sp³-hybridized carbons (Fsp3) is 0.0625. The van der Waals surface area contributed by atoms with Gasteiger partial charge in [-0.1, -0.05) is 48.5 Å². The van der Waals surface area contributed by atoms with Gasteiger partial charge in [-0.3, -0.25) is 9.38 Å². The molecule has 3 nitrogen and oxygen atoms in total. The first kappa shape index (κ1) is 17.9. The van der Waals surface area contributed by atoms with Crippen molar-refractivity contribution in [2.24, 2.45) is 0 Å². The van der Waals surface area contributed by atoms with E-state index in [0.29, 0.717) is 0 Å². The van der Waals surface area contributed by atoms with Gasteiger partial charge in [-0.2, -0.15) is 0 Å². The molecule has 7 aromatic rings. The number of para-hydroxylation sites is 2. The van der Waals surface area contributed by atoms with Gasteiger partial charge in [0.2, 0.25) is 0 Å². The second-order valence-electron chi connectivity index (χ2n) is 9.85. The lowest BCUT2D eigenvalue weighted by Crippen LogP contribution is -1.94. The third kappa shape index (κ3) is 2.17. The Balaban J connectivity index is 1.43. The minimum atomic E-state index is 0.972. The highest BCUT2D eigenvalue weighted by atomic mass is 15.0. The van der Waals surface area contributed by atoms with Crippen LogP contribution in [0.5, 0.6) is 0 Å². The van der Waals surface area contributed by atoms with Crippen LogP contribution in [0, 0.1) is 0 Å². The standard InChI is InChI=1S/C32H19N3/c1-2-6-22-18(5-1)13-20-16-25-21(15-24(20)22)14-19-9-10-23-31(30(19)25)26-17-33-12-11-28(26)35-29-8-4-3-7-27(29)34-32(23)35/h1-12,15-17H,13-14H2. The van der Waals surface area contributed by atoms with Gasteiger partial charge in [0.15, 0.2) is 0 Å².